The number of nitrogens with two attached hydrogens (primary N) is 3. The number of guanidine groups is 1. The van der Waals surface area contributed by atoms with Gasteiger partial charge in [-0.15, -0.1) is 0 Å². The number of fused-ring (bicyclic) bond motifs is 1. The van der Waals surface area contributed by atoms with Gasteiger partial charge in [0, 0.05) is 42.9 Å². The number of aliphatic imine (C=N–C) groups is 1. The summed E-state index contributed by atoms with van der Waals surface area (Å²) >= 11 is 1.83. The highest BCUT2D eigenvalue weighted by molar-refractivity contribution is 8.00. The standard InChI is InChI=1S/C40H71N13O10S/c1-22(2)16-24(18-31(55)53-63)36(59)50-27(17-23(3)4)38(61)49-26(11-9-15-45-39(42)43)37(60)47-19-32(56)46-20-33(57)48-25(35(41)58)10-7-8-14-44-30(54)13-6-5-12-29-34-28(21-64-29)51-40(62)52-34/h22-29,34,63H,5-21H2,1-4H3,(H2,41,58)(H,44,54)(H,46,56)(H,47,60)(H,48,57)(H,49,61)(H,50,59)(H,53,55)(H4,42,43,45)(H2,51,52,62)/t24?,25-,26-,27-,28-,29-,34-/m0/s1. The fourth-order valence-electron chi connectivity index (χ4n) is 7.29. The molecule has 2 fully saturated rings. The first-order valence-electron chi connectivity index (χ1n) is 22.0. The molecule has 10 amide bonds. The summed E-state index contributed by atoms with van der Waals surface area (Å²) in [5.41, 5.74) is 17.8. The van der Waals surface area contributed by atoms with Crippen molar-refractivity contribution in [3.63, 3.8) is 0 Å². The van der Waals surface area contributed by atoms with E-state index in [1.807, 2.05) is 39.5 Å². The first-order valence-corrected chi connectivity index (χ1v) is 23.0. The number of hydrogen-bond donors (Lipinski definition) is 13. The van der Waals surface area contributed by atoms with Crippen molar-refractivity contribution in [3.05, 3.63) is 0 Å². The molecule has 0 bridgehead atoms. The van der Waals surface area contributed by atoms with Crippen molar-refractivity contribution in [1.82, 2.24) is 48.0 Å². The predicted molar refractivity (Wildman–Crippen MR) is 239 cm³/mol. The molecule has 0 aromatic carbocycles. The molecule has 23 nitrogen and oxygen atoms in total. The molecule has 0 radical (unpaired) electrons. The lowest BCUT2D eigenvalue weighted by Gasteiger charge is -2.26. The van der Waals surface area contributed by atoms with E-state index in [1.165, 1.54) is 5.48 Å². The Hall–Kier alpha value is -5.39. The minimum absolute atomic E-state index is 0.0142. The maximum absolute atomic E-state index is 13.6. The van der Waals surface area contributed by atoms with Gasteiger partial charge in [-0.1, -0.05) is 34.1 Å². The number of thioether (sulfide) groups is 1. The summed E-state index contributed by atoms with van der Waals surface area (Å²) in [5, 5.41) is 30.7. The van der Waals surface area contributed by atoms with Gasteiger partial charge in [0.05, 0.1) is 25.2 Å². The normalized spacial score (nSPS) is 18.2. The molecule has 2 aliphatic rings. The largest absolute Gasteiger partial charge is 0.370 e. The fourth-order valence-corrected chi connectivity index (χ4v) is 8.83. The molecular weight excluding hydrogens is 855 g/mol. The van der Waals surface area contributed by atoms with Gasteiger partial charge in [-0.3, -0.25) is 48.6 Å². The number of primary amides is 1. The summed E-state index contributed by atoms with van der Waals surface area (Å²) in [4.78, 5) is 117. The van der Waals surface area contributed by atoms with E-state index in [-0.39, 0.29) is 80.5 Å². The van der Waals surface area contributed by atoms with Crippen molar-refractivity contribution in [1.29, 1.82) is 0 Å². The summed E-state index contributed by atoms with van der Waals surface area (Å²) in [7, 11) is 0. The third-order valence-corrected chi connectivity index (χ3v) is 12.0. The molecule has 7 atom stereocenters. The highest BCUT2D eigenvalue weighted by Crippen LogP contribution is 2.33. The number of nitrogens with zero attached hydrogens (tertiary/aromatic N) is 1. The number of rotatable bonds is 31. The molecule has 2 saturated heterocycles. The lowest BCUT2D eigenvalue weighted by Crippen LogP contribution is -2.55. The van der Waals surface area contributed by atoms with Gasteiger partial charge in [-0.2, -0.15) is 11.8 Å². The average molecular weight is 926 g/mol. The zero-order valence-corrected chi connectivity index (χ0v) is 38.2. The van der Waals surface area contributed by atoms with E-state index in [0.717, 1.165) is 25.0 Å². The molecule has 0 spiro atoms. The zero-order chi connectivity index (χ0) is 47.8. The molecule has 1 unspecified atom stereocenters. The van der Waals surface area contributed by atoms with Crippen molar-refractivity contribution >= 4 is 71.0 Å². The van der Waals surface area contributed by atoms with E-state index in [0.29, 0.717) is 37.5 Å². The van der Waals surface area contributed by atoms with Crippen LogP contribution >= 0.6 is 11.8 Å². The molecule has 2 heterocycles. The van der Waals surface area contributed by atoms with Gasteiger partial charge in [-0.25, -0.2) is 10.3 Å². The van der Waals surface area contributed by atoms with Gasteiger partial charge in [0.25, 0.3) is 0 Å². The van der Waals surface area contributed by atoms with Crippen molar-refractivity contribution < 1.29 is 48.4 Å². The first kappa shape index (κ1) is 54.7. The SMILES string of the molecule is CC(C)CC(CC(=O)NO)C(=O)N[C@@H](CC(C)C)C(=O)N[C@@H](CCCN=C(N)N)C(=O)NCC(=O)NCC(=O)N[C@@H](CCCCNC(=O)CCCC[C@@H]1SC[C@@H]2NC(=O)N[C@@H]21)C(N)=O. The van der Waals surface area contributed by atoms with Crippen molar-refractivity contribution in [2.45, 2.75) is 140 Å². The van der Waals surface area contributed by atoms with E-state index in [4.69, 9.17) is 22.4 Å². The van der Waals surface area contributed by atoms with Gasteiger partial charge in [0.2, 0.25) is 47.3 Å². The second-order valence-corrected chi connectivity index (χ2v) is 18.3. The van der Waals surface area contributed by atoms with Crippen LogP contribution in [-0.4, -0.2) is 132 Å². The Morgan fingerprint density at radius 3 is 2.05 bits per heavy atom. The average Bonchev–Trinajstić information content (AvgIpc) is 3.78. The Balaban J connectivity index is 1.82. The molecule has 0 aromatic rings. The van der Waals surface area contributed by atoms with Crippen molar-refractivity contribution in [2.75, 3.05) is 31.9 Å². The molecule has 24 heteroatoms. The van der Waals surface area contributed by atoms with Gasteiger partial charge >= 0.3 is 6.03 Å². The molecule has 0 aliphatic carbocycles. The van der Waals surface area contributed by atoms with E-state index in [1.54, 1.807) is 0 Å². The van der Waals surface area contributed by atoms with Crippen LogP contribution in [0.3, 0.4) is 0 Å². The number of hydroxylamine groups is 1. The van der Waals surface area contributed by atoms with Gasteiger partial charge < -0.3 is 59.7 Å². The fraction of sp³-hybridized carbons (Fsp3) is 0.750. The van der Waals surface area contributed by atoms with Crippen LogP contribution in [0, 0.1) is 17.8 Å². The zero-order valence-electron chi connectivity index (χ0n) is 37.4. The summed E-state index contributed by atoms with van der Waals surface area (Å²) in [6.45, 7) is 6.78. The third-order valence-electron chi connectivity index (χ3n) is 10.5. The van der Waals surface area contributed by atoms with Crippen molar-refractivity contribution in [2.24, 2.45) is 39.9 Å². The molecule has 64 heavy (non-hydrogen) atoms. The molecule has 2 rings (SSSR count). The minimum Gasteiger partial charge on any atom is -0.370 e. The van der Waals surface area contributed by atoms with E-state index in [2.05, 4.69) is 47.5 Å². The lowest BCUT2D eigenvalue weighted by molar-refractivity contribution is -0.137. The number of carbonyl (C=O) groups is 9. The smallest absolute Gasteiger partial charge is 0.315 e. The second kappa shape index (κ2) is 29.1. The molecule has 0 saturated carbocycles. The molecule has 2 aliphatic heterocycles. The summed E-state index contributed by atoms with van der Waals surface area (Å²) in [5.74, 6) is -5.28. The van der Waals surface area contributed by atoms with E-state index < -0.39 is 78.5 Å². The van der Waals surface area contributed by atoms with Gasteiger partial charge in [0.1, 0.15) is 18.1 Å². The van der Waals surface area contributed by atoms with Crippen LogP contribution in [0.4, 0.5) is 4.79 Å². The first-order chi connectivity index (χ1) is 30.3. The van der Waals surface area contributed by atoms with Crippen LogP contribution in [-0.2, 0) is 38.4 Å². The van der Waals surface area contributed by atoms with Crippen LogP contribution in [0.15, 0.2) is 4.99 Å². The Bertz CT molecular complexity index is 1630. The molecule has 362 valence electrons. The maximum Gasteiger partial charge on any atom is 0.315 e. The monoisotopic (exact) mass is 926 g/mol. The van der Waals surface area contributed by atoms with Crippen LogP contribution in [0.1, 0.15) is 105 Å². The van der Waals surface area contributed by atoms with Crippen LogP contribution in [0.5, 0.6) is 0 Å². The summed E-state index contributed by atoms with van der Waals surface area (Å²) in [6.07, 6.45) is 4.53. The number of hydrogen-bond acceptors (Lipinski definition) is 12. The number of amides is 10. The predicted octanol–water partition coefficient (Wildman–Crippen LogP) is -2.17. The number of unbranched alkanes of at least 4 members (excludes halogenated alkanes) is 2. The summed E-state index contributed by atoms with van der Waals surface area (Å²) < 4.78 is 0. The maximum atomic E-state index is 13.6. The van der Waals surface area contributed by atoms with Crippen LogP contribution < -0.4 is 65.2 Å². The highest BCUT2D eigenvalue weighted by Gasteiger charge is 2.42. The summed E-state index contributed by atoms with van der Waals surface area (Å²) in [6, 6.07) is -3.15. The van der Waals surface area contributed by atoms with Crippen molar-refractivity contribution in [3.8, 4) is 0 Å². The Morgan fingerprint density at radius 2 is 1.39 bits per heavy atom. The number of nitrogens with one attached hydrogen (secondary N) is 9. The topological polar surface area (TPSA) is 373 Å². The quantitative estimate of drug-likeness (QED) is 0.00881. The van der Waals surface area contributed by atoms with Gasteiger partial charge in [-0.05, 0) is 69.6 Å². The molecule has 16 N–H and O–H groups in total. The third kappa shape index (κ3) is 21.8. The van der Waals surface area contributed by atoms with Crippen LogP contribution in [0.2, 0.25) is 0 Å². The Morgan fingerprint density at radius 1 is 0.719 bits per heavy atom. The molecule has 0 aromatic heterocycles. The van der Waals surface area contributed by atoms with E-state index >= 15 is 0 Å². The second-order valence-electron chi connectivity index (χ2n) is 17.0. The van der Waals surface area contributed by atoms with Crippen LogP contribution in [0.25, 0.3) is 0 Å². The highest BCUT2D eigenvalue weighted by atomic mass is 32.2. The molecular formula is C40H71N13O10S. The minimum atomic E-state index is -1.20. The number of urea groups is 1. The van der Waals surface area contributed by atoms with Gasteiger partial charge in [0.15, 0.2) is 5.96 Å². The Kier molecular flexibility index (Phi) is 24.9. The lowest BCUT2D eigenvalue weighted by atomic mass is 9.92. The Labute approximate surface area is 378 Å². The number of carbonyl (C=O) groups excluding carboxylic acids is 9. The van der Waals surface area contributed by atoms with E-state index in [9.17, 15) is 43.2 Å².